The van der Waals surface area contributed by atoms with Gasteiger partial charge in [-0.1, -0.05) is 17.7 Å². The molecule has 3 aromatic rings. The molecule has 0 radical (unpaired) electrons. The number of hydrogen-bond acceptors (Lipinski definition) is 8. The zero-order valence-corrected chi connectivity index (χ0v) is 20.8. The minimum atomic E-state index is -1.11. The van der Waals surface area contributed by atoms with Crippen molar-refractivity contribution in [2.75, 3.05) is 12.4 Å². The molecular weight excluding hydrogens is 476 g/mol. The fourth-order valence-corrected chi connectivity index (χ4v) is 5.60. The van der Waals surface area contributed by atoms with E-state index in [0.29, 0.717) is 47.5 Å². The number of benzene rings is 1. The first-order valence-corrected chi connectivity index (χ1v) is 12.2. The highest BCUT2D eigenvalue weighted by atomic mass is 35.5. The van der Waals surface area contributed by atoms with Gasteiger partial charge >= 0.3 is 5.97 Å². The van der Waals surface area contributed by atoms with Crippen LogP contribution >= 0.6 is 22.9 Å². The molecule has 2 aromatic heterocycles. The number of nitrogens with one attached hydrogen (secondary N) is 1. The molecule has 0 saturated heterocycles. The standard InChI is InChI=1S/C24H27ClN4O4S/c1-13-8-15(10-17(9-13)28-23-27-11-18(25)20(29-23)33-3)19-12-26-22(34-19)24(2,32)16-6-4-14(5-7-16)21(30)31/h8-12,14,16,32H,4-7H2,1-3H3,(H,30,31)(H,27,28,29). The summed E-state index contributed by atoms with van der Waals surface area (Å²) in [6.45, 7) is 3.78. The highest BCUT2D eigenvalue weighted by Crippen LogP contribution is 2.43. The van der Waals surface area contributed by atoms with Crippen LogP contribution in [-0.2, 0) is 10.4 Å². The maximum Gasteiger partial charge on any atom is 0.306 e. The van der Waals surface area contributed by atoms with Crippen molar-refractivity contribution in [3.8, 4) is 16.3 Å². The third-order valence-electron chi connectivity index (χ3n) is 6.33. The second-order valence-electron chi connectivity index (χ2n) is 8.83. The second-order valence-corrected chi connectivity index (χ2v) is 10.3. The average Bonchev–Trinajstić information content (AvgIpc) is 3.31. The number of carboxylic acid groups (broad SMARTS) is 1. The highest BCUT2D eigenvalue weighted by molar-refractivity contribution is 7.15. The van der Waals surface area contributed by atoms with Gasteiger partial charge in [0.25, 0.3) is 0 Å². The molecule has 1 aromatic carbocycles. The van der Waals surface area contributed by atoms with E-state index in [9.17, 15) is 15.0 Å². The molecule has 1 aliphatic rings. The number of thiazole rings is 1. The smallest absolute Gasteiger partial charge is 0.306 e. The molecule has 3 N–H and O–H groups in total. The Labute approximate surface area is 207 Å². The van der Waals surface area contributed by atoms with Gasteiger partial charge in [-0.2, -0.15) is 4.98 Å². The van der Waals surface area contributed by atoms with E-state index in [0.717, 1.165) is 21.7 Å². The van der Waals surface area contributed by atoms with Crippen molar-refractivity contribution < 1.29 is 19.7 Å². The van der Waals surface area contributed by atoms with Crippen molar-refractivity contribution in [1.29, 1.82) is 0 Å². The summed E-state index contributed by atoms with van der Waals surface area (Å²) in [7, 11) is 1.50. The number of methoxy groups -OCH3 is 1. The van der Waals surface area contributed by atoms with E-state index in [1.54, 1.807) is 13.1 Å². The summed E-state index contributed by atoms with van der Waals surface area (Å²) >= 11 is 7.47. The molecule has 2 heterocycles. The third kappa shape index (κ3) is 5.16. The molecular formula is C24H27ClN4O4S. The fraction of sp³-hybridized carbons (Fsp3) is 0.417. The number of aliphatic carboxylic acids is 1. The largest absolute Gasteiger partial charge is 0.481 e. The van der Waals surface area contributed by atoms with Gasteiger partial charge in [-0.25, -0.2) is 9.97 Å². The van der Waals surface area contributed by atoms with Gasteiger partial charge in [0.15, 0.2) is 0 Å². The SMILES string of the molecule is COc1nc(Nc2cc(C)cc(-c3cnc(C(C)(O)C4CCC(C(=O)O)CC4)s3)c2)ncc1Cl. The number of aliphatic hydroxyl groups is 1. The predicted octanol–water partition coefficient (Wildman–Crippen LogP) is 5.41. The number of aryl methyl sites for hydroxylation is 1. The number of aromatic nitrogens is 3. The van der Waals surface area contributed by atoms with Crippen molar-refractivity contribution in [2.24, 2.45) is 11.8 Å². The lowest BCUT2D eigenvalue weighted by atomic mass is 9.74. The van der Waals surface area contributed by atoms with Crippen molar-refractivity contribution >= 4 is 40.5 Å². The van der Waals surface area contributed by atoms with Crippen molar-refractivity contribution in [1.82, 2.24) is 15.0 Å². The predicted molar refractivity (Wildman–Crippen MR) is 132 cm³/mol. The summed E-state index contributed by atoms with van der Waals surface area (Å²) in [5, 5.41) is 24.7. The zero-order chi connectivity index (χ0) is 24.5. The van der Waals surface area contributed by atoms with Crippen LogP contribution in [0.1, 0.15) is 43.2 Å². The molecule has 1 unspecified atom stereocenters. The van der Waals surface area contributed by atoms with Gasteiger partial charge in [0, 0.05) is 11.9 Å². The molecule has 0 amide bonds. The Balaban J connectivity index is 1.54. The number of halogens is 1. The lowest BCUT2D eigenvalue weighted by Gasteiger charge is -2.35. The van der Waals surface area contributed by atoms with Gasteiger partial charge in [-0.05, 0) is 68.7 Å². The summed E-state index contributed by atoms with van der Waals surface area (Å²) in [4.78, 5) is 25.2. The topological polar surface area (TPSA) is 117 Å². The monoisotopic (exact) mass is 502 g/mol. The fourth-order valence-electron chi connectivity index (χ4n) is 4.40. The molecule has 34 heavy (non-hydrogen) atoms. The molecule has 8 nitrogen and oxygen atoms in total. The Kier molecular flexibility index (Phi) is 7.06. The van der Waals surface area contributed by atoms with Crippen molar-refractivity contribution in [3.05, 3.63) is 46.2 Å². The van der Waals surface area contributed by atoms with Crippen LogP contribution in [0.3, 0.4) is 0 Å². The van der Waals surface area contributed by atoms with Crippen molar-refractivity contribution in [2.45, 2.75) is 45.1 Å². The number of ether oxygens (including phenoxy) is 1. The third-order valence-corrected chi connectivity index (χ3v) is 7.87. The van der Waals surface area contributed by atoms with Gasteiger partial charge in [-0.15, -0.1) is 11.3 Å². The Morgan fingerprint density at radius 1 is 1.21 bits per heavy atom. The first-order valence-electron chi connectivity index (χ1n) is 11.0. The first kappa shape index (κ1) is 24.4. The molecule has 0 bridgehead atoms. The van der Waals surface area contributed by atoms with E-state index >= 15 is 0 Å². The van der Waals surface area contributed by atoms with Gasteiger partial charge in [0.1, 0.15) is 15.6 Å². The summed E-state index contributed by atoms with van der Waals surface area (Å²) in [5.74, 6) is -0.432. The minimum Gasteiger partial charge on any atom is -0.481 e. The molecule has 10 heteroatoms. The molecule has 180 valence electrons. The van der Waals surface area contributed by atoms with Crippen LogP contribution in [0, 0.1) is 18.8 Å². The van der Waals surface area contributed by atoms with Crippen LogP contribution in [0.4, 0.5) is 11.6 Å². The lowest BCUT2D eigenvalue weighted by molar-refractivity contribution is -0.144. The number of rotatable bonds is 7. The minimum absolute atomic E-state index is 0.0196. The van der Waals surface area contributed by atoms with E-state index in [1.165, 1.54) is 24.6 Å². The molecule has 4 rings (SSSR count). The number of anilines is 2. The van der Waals surface area contributed by atoms with Crippen LogP contribution in [0.5, 0.6) is 5.88 Å². The highest BCUT2D eigenvalue weighted by Gasteiger charge is 2.40. The van der Waals surface area contributed by atoms with Crippen LogP contribution in [-0.4, -0.2) is 38.2 Å². The Morgan fingerprint density at radius 2 is 1.94 bits per heavy atom. The normalized spacial score (nSPS) is 19.9. The van der Waals surface area contributed by atoms with E-state index < -0.39 is 11.6 Å². The summed E-state index contributed by atoms with van der Waals surface area (Å²) in [6, 6.07) is 6.01. The van der Waals surface area contributed by atoms with Gasteiger partial charge in [0.05, 0.1) is 24.1 Å². The number of carbonyl (C=O) groups is 1. The van der Waals surface area contributed by atoms with E-state index in [1.807, 2.05) is 19.1 Å². The number of carboxylic acids is 1. The maximum absolute atomic E-state index is 11.3. The van der Waals surface area contributed by atoms with E-state index in [4.69, 9.17) is 16.3 Å². The molecule has 1 aliphatic carbocycles. The quantitative estimate of drug-likeness (QED) is 0.392. The zero-order valence-electron chi connectivity index (χ0n) is 19.2. The maximum atomic E-state index is 11.3. The molecule has 1 atom stereocenters. The van der Waals surface area contributed by atoms with Crippen LogP contribution < -0.4 is 10.1 Å². The van der Waals surface area contributed by atoms with E-state index in [-0.39, 0.29) is 11.8 Å². The van der Waals surface area contributed by atoms with Crippen LogP contribution in [0.15, 0.2) is 30.6 Å². The van der Waals surface area contributed by atoms with Gasteiger partial charge in [-0.3, -0.25) is 4.79 Å². The summed E-state index contributed by atoms with van der Waals surface area (Å²) in [5.41, 5.74) is 1.69. The van der Waals surface area contributed by atoms with Gasteiger partial charge < -0.3 is 20.3 Å². The molecule has 1 fully saturated rings. The second kappa shape index (κ2) is 9.85. The van der Waals surface area contributed by atoms with E-state index in [2.05, 4.69) is 26.3 Å². The Morgan fingerprint density at radius 3 is 2.62 bits per heavy atom. The Hall–Kier alpha value is -2.75. The summed E-state index contributed by atoms with van der Waals surface area (Å²) in [6.07, 6.45) is 5.76. The molecule has 0 spiro atoms. The lowest BCUT2D eigenvalue weighted by Crippen LogP contribution is -2.35. The molecule has 1 saturated carbocycles. The number of nitrogens with zero attached hydrogens (tertiary/aromatic N) is 3. The van der Waals surface area contributed by atoms with Crippen LogP contribution in [0.2, 0.25) is 5.02 Å². The van der Waals surface area contributed by atoms with Crippen molar-refractivity contribution in [3.63, 3.8) is 0 Å². The molecule has 0 aliphatic heterocycles. The van der Waals surface area contributed by atoms with Gasteiger partial charge in [0.2, 0.25) is 11.8 Å². The Bertz CT molecular complexity index is 1190. The van der Waals surface area contributed by atoms with Crippen LogP contribution in [0.25, 0.3) is 10.4 Å². The summed E-state index contributed by atoms with van der Waals surface area (Å²) < 4.78 is 5.16. The number of hydrogen-bond donors (Lipinski definition) is 3. The average molecular weight is 503 g/mol. The first-order chi connectivity index (χ1) is 16.2.